The van der Waals surface area contributed by atoms with E-state index in [9.17, 15) is 8.42 Å². The van der Waals surface area contributed by atoms with Crippen molar-refractivity contribution in [3.8, 4) is 21.1 Å². The van der Waals surface area contributed by atoms with Crippen LogP contribution in [0.1, 0.15) is 0 Å². The fraction of sp³-hybridized carbons (Fsp3) is 0. The smallest absolute Gasteiger partial charge is 0.238 e. The van der Waals surface area contributed by atoms with E-state index in [1.54, 1.807) is 12.1 Å². The Balaban J connectivity index is 1.57. The monoisotopic (exact) mass is 444 g/mol. The Kier molecular flexibility index (Phi) is 4.96. The molecule has 0 saturated carbocycles. The van der Waals surface area contributed by atoms with E-state index in [0.29, 0.717) is 22.3 Å². The van der Waals surface area contributed by atoms with Crippen LogP contribution >= 0.6 is 22.7 Å². The highest BCUT2D eigenvalue weighted by Crippen LogP contribution is 2.39. The summed E-state index contributed by atoms with van der Waals surface area (Å²) in [5.41, 5.74) is 15.0. The molecule has 0 saturated heterocycles. The Morgan fingerprint density at radius 1 is 1.00 bits per heavy atom. The summed E-state index contributed by atoms with van der Waals surface area (Å²) >= 11 is 2.83. The molecule has 0 aliphatic carbocycles. The number of nitrogens with one attached hydrogen (secondary N) is 1. The van der Waals surface area contributed by atoms with Gasteiger partial charge in [-0.15, -0.1) is 11.3 Å². The maximum atomic E-state index is 11.3. The molecule has 4 aromatic rings. The third-order valence-electron chi connectivity index (χ3n) is 3.97. The van der Waals surface area contributed by atoms with Crippen LogP contribution in [0.25, 0.3) is 21.1 Å². The van der Waals surface area contributed by atoms with Crippen molar-refractivity contribution in [2.45, 2.75) is 4.90 Å². The first kappa shape index (κ1) is 19.3. The molecular weight excluding hydrogens is 428 g/mol. The molecule has 2 aromatic heterocycles. The average molecular weight is 445 g/mol. The Morgan fingerprint density at radius 3 is 2.45 bits per heavy atom. The summed E-state index contributed by atoms with van der Waals surface area (Å²) in [6, 6.07) is 13.6. The minimum atomic E-state index is -3.73. The van der Waals surface area contributed by atoms with Gasteiger partial charge in [-0.2, -0.15) is 0 Å². The predicted octanol–water partition coefficient (Wildman–Crippen LogP) is 3.49. The highest BCUT2D eigenvalue weighted by Gasteiger charge is 2.15. The Hall–Kier alpha value is -2.99. The second-order valence-electron chi connectivity index (χ2n) is 6.09. The van der Waals surface area contributed by atoms with Crippen molar-refractivity contribution in [1.29, 1.82) is 0 Å². The number of thiazole rings is 2. The van der Waals surface area contributed by atoms with E-state index in [-0.39, 0.29) is 4.90 Å². The van der Waals surface area contributed by atoms with Gasteiger partial charge >= 0.3 is 0 Å². The molecule has 2 heterocycles. The maximum absolute atomic E-state index is 11.3. The van der Waals surface area contributed by atoms with Gasteiger partial charge < -0.3 is 16.8 Å². The lowest BCUT2D eigenvalue weighted by molar-refractivity contribution is 0.598. The van der Waals surface area contributed by atoms with Crippen LogP contribution in [-0.2, 0) is 10.0 Å². The van der Waals surface area contributed by atoms with Gasteiger partial charge in [-0.3, -0.25) is 0 Å². The van der Waals surface area contributed by atoms with Crippen LogP contribution in [0.15, 0.2) is 58.8 Å². The van der Waals surface area contributed by atoms with Crippen LogP contribution in [0.3, 0.4) is 0 Å². The van der Waals surface area contributed by atoms with Gasteiger partial charge in [0.25, 0.3) is 0 Å². The molecule has 0 amide bonds. The molecule has 0 fully saturated rings. The zero-order chi connectivity index (χ0) is 20.6. The van der Waals surface area contributed by atoms with Crippen molar-refractivity contribution < 1.29 is 8.42 Å². The summed E-state index contributed by atoms with van der Waals surface area (Å²) < 4.78 is 22.7. The second kappa shape index (κ2) is 7.44. The second-order valence-corrected chi connectivity index (χ2v) is 9.51. The fourth-order valence-electron chi connectivity index (χ4n) is 2.60. The number of nitrogens with two attached hydrogens (primary N) is 3. The lowest BCUT2D eigenvalue weighted by atomic mass is 10.1. The van der Waals surface area contributed by atoms with Crippen LogP contribution < -0.4 is 21.9 Å². The van der Waals surface area contributed by atoms with E-state index in [0.717, 1.165) is 21.1 Å². The summed E-state index contributed by atoms with van der Waals surface area (Å²) in [4.78, 5) is 9.79. The lowest BCUT2D eigenvalue weighted by Gasteiger charge is -2.03. The van der Waals surface area contributed by atoms with Crippen molar-refractivity contribution in [1.82, 2.24) is 9.97 Å². The standard InChI is InChI=1S/C18H16N6O2S3/c19-11-3-1-2-10(8-11)14-9-27-17(23-14)15-16(20)24-18(28-15)22-12-4-6-13(7-5-12)29(21,25)26/h1-9H,19-20H2,(H,22,24)(H2,21,25,26). The number of rotatable bonds is 5. The Morgan fingerprint density at radius 2 is 1.76 bits per heavy atom. The van der Waals surface area contributed by atoms with Gasteiger partial charge in [0.15, 0.2) is 5.13 Å². The van der Waals surface area contributed by atoms with Gasteiger partial charge in [0.1, 0.15) is 15.7 Å². The number of hydrogen-bond donors (Lipinski definition) is 4. The first-order chi connectivity index (χ1) is 13.8. The molecule has 0 aliphatic heterocycles. The minimum absolute atomic E-state index is 0.0410. The van der Waals surface area contributed by atoms with Gasteiger partial charge in [0.2, 0.25) is 10.0 Å². The summed E-state index contributed by atoms with van der Waals surface area (Å²) in [6.07, 6.45) is 0. The predicted molar refractivity (Wildman–Crippen MR) is 119 cm³/mol. The van der Waals surface area contributed by atoms with Crippen molar-refractivity contribution >= 4 is 55.0 Å². The number of primary sulfonamides is 1. The van der Waals surface area contributed by atoms with E-state index >= 15 is 0 Å². The first-order valence-corrected chi connectivity index (χ1v) is 11.5. The first-order valence-electron chi connectivity index (χ1n) is 8.27. The van der Waals surface area contributed by atoms with E-state index in [4.69, 9.17) is 16.6 Å². The number of nitrogens with zero attached hydrogens (tertiary/aromatic N) is 2. The third kappa shape index (κ3) is 4.22. The molecule has 11 heteroatoms. The van der Waals surface area contributed by atoms with Crippen LogP contribution in [0.5, 0.6) is 0 Å². The van der Waals surface area contributed by atoms with Crippen LogP contribution in [0, 0.1) is 0 Å². The van der Waals surface area contributed by atoms with Crippen molar-refractivity contribution in [2.75, 3.05) is 16.8 Å². The van der Waals surface area contributed by atoms with E-state index < -0.39 is 10.0 Å². The highest BCUT2D eigenvalue weighted by atomic mass is 32.2. The number of hydrogen-bond acceptors (Lipinski definition) is 9. The molecule has 7 N–H and O–H groups in total. The molecule has 2 aromatic carbocycles. The van der Waals surface area contributed by atoms with Gasteiger partial charge in [-0.05, 0) is 36.4 Å². The topological polar surface area (TPSA) is 150 Å². The summed E-state index contributed by atoms with van der Waals surface area (Å²) in [7, 11) is -3.73. The summed E-state index contributed by atoms with van der Waals surface area (Å²) in [6.45, 7) is 0. The summed E-state index contributed by atoms with van der Waals surface area (Å²) in [5, 5.41) is 11.5. The molecule has 0 spiro atoms. The van der Waals surface area contributed by atoms with Crippen molar-refractivity contribution in [3.63, 3.8) is 0 Å². The minimum Gasteiger partial charge on any atom is -0.399 e. The number of nitrogen functional groups attached to an aromatic ring is 2. The zero-order valence-electron chi connectivity index (χ0n) is 14.9. The quantitative estimate of drug-likeness (QED) is 0.344. The Bertz CT molecular complexity index is 1280. The number of anilines is 4. The molecule has 0 radical (unpaired) electrons. The van der Waals surface area contributed by atoms with Crippen molar-refractivity contribution in [2.24, 2.45) is 5.14 Å². The number of benzene rings is 2. The molecule has 0 unspecified atom stereocenters. The van der Waals surface area contributed by atoms with E-state index in [2.05, 4.69) is 15.3 Å². The zero-order valence-corrected chi connectivity index (χ0v) is 17.3. The highest BCUT2D eigenvalue weighted by molar-refractivity contribution is 7.89. The lowest BCUT2D eigenvalue weighted by Crippen LogP contribution is -2.11. The molecule has 0 bridgehead atoms. The summed E-state index contributed by atoms with van der Waals surface area (Å²) in [5.74, 6) is 0.368. The molecule has 29 heavy (non-hydrogen) atoms. The van der Waals surface area contributed by atoms with Gasteiger partial charge in [0, 0.05) is 22.3 Å². The molecule has 4 rings (SSSR count). The van der Waals surface area contributed by atoms with Gasteiger partial charge in [-0.25, -0.2) is 23.5 Å². The van der Waals surface area contributed by atoms with Crippen LogP contribution in [-0.4, -0.2) is 18.4 Å². The van der Waals surface area contributed by atoms with E-state index in [1.807, 2.05) is 29.6 Å². The molecular formula is C18H16N6O2S3. The van der Waals surface area contributed by atoms with Gasteiger partial charge in [0.05, 0.1) is 10.6 Å². The average Bonchev–Trinajstić information content (AvgIpc) is 3.28. The van der Waals surface area contributed by atoms with Gasteiger partial charge in [-0.1, -0.05) is 23.5 Å². The van der Waals surface area contributed by atoms with Crippen molar-refractivity contribution in [3.05, 3.63) is 53.9 Å². The Labute approximate surface area is 175 Å². The molecule has 0 aliphatic rings. The van der Waals surface area contributed by atoms with E-state index in [1.165, 1.54) is 34.8 Å². The number of aromatic nitrogens is 2. The number of sulfonamides is 1. The molecule has 8 nitrogen and oxygen atoms in total. The van der Waals surface area contributed by atoms with Crippen LogP contribution in [0.4, 0.5) is 22.3 Å². The SMILES string of the molecule is Nc1cccc(-c2csc(-c3sc(Nc4ccc(S(N)(=O)=O)cc4)nc3N)n2)c1. The normalized spacial score (nSPS) is 11.5. The van der Waals surface area contributed by atoms with Crippen LogP contribution in [0.2, 0.25) is 0 Å². The molecule has 148 valence electrons. The third-order valence-corrected chi connectivity index (χ3v) is 6.88. The molecule has 0 atom stereocenters. The fourth-order valence-corrected chi connectivity index (χ4v) is 4.95. The maximum Gasteiger partial charge on any atom is 0.238 e. The largest absolute Gasteiger partial charge is 0.399 e.